The Bertz CT molecular complexity index is 935. The zero-order chi connectivity index (χ0) is 20.1. The number of rotatable bonds is 7. The minimum Gasteiger partial charge on any atom is -0.497 e. The van der Waals surface area contributed by atoms with E-state index in [0.29, 0.717) is 23.9 Å². The summed E-state index contributed by atoms with van der Waals surface area (Å²) >= 11 is 0. The van der Waals surface area contributed by atoms with E-state index in [4.69, 9.17) is 4.74 Å². The van der Waals surface area contributed by atoms with E-state index in [2.05, 4.69) is 41.6 Å². The molecule has 1 N–H and O–H groups in total. The van der Waals surface area contributed by atoms with Gasteiger partial charge < -0.3 is 10.1 Å². The molecule has 3 rings (SSSR count). The highest BCUT2D eigenvalue weighted by molar-refractivity contribution is 5.93. The molecule has 1 amide bonds. The van der Waals surface area contributed by atoms with E-state index in [0.717, 1.165) is 11.4 Å². The van der Waals surface area contributed by atoms with Crippen LogP contribution in [0.1, 0.15) is 41.5 Å². The summed E-state index contributed by atoms with van der Waals surface area (Å²) in [5, 5.41) is 11.3. The quantitative estimate of drug-likeness (QED) is 0.680. The number of hydrogen-bond acceptors (Lipinski definition) is 4. The maximum atomic E-state index is 12.7. The highest BCUT2D eigenvalue weighted by Gasteiger charge is 2.21. The van der Waals surface area contributed by atoms with Crippen LogP contribution in [0.4, 0.5) is 0 Å². The number of carbonyl (C=O) groups is 1. The van der Waals surface area contributed by atoms with Crippen LogP contribution in [-0.4, -0.2) is 34.6 Å². The van der Waals surface area contributed by atoms with Gasteiger partial charge in [-0.05, 0) is 30.5 Å². The van der Waals surface area contributed by atoms with Gasteiger partial charge in [0.1, 0.15) is 5.75 Å². The van der Waals surface area contributed by atoms with E-state index < -0.39 is 0 Å². The van der Waals surface area contributed by atoms with Crippen LogP contribution in [0.25, 0.3) is 5.69 Å². The van der Waals surface area contributed by atoms with Crippen molar-refractivity contribution in [2.75, 3.05) is 13.7 Å². The van der Waals surface area contributed by atoms with Gasteiger partial charge in [0.15, 0.2) is 5.69 Å². The van der Waals surface area contributed by atoms with Crippen LogP contribution >= 0.6 is 0 Å². The van der Waals surface area contributed by atoms with Gasteiger partial charge >= 0.3 is 0 Å². The molecular formula is C22H26N4O2. The topological polar surface area (TPSA) is 69.0 Å². The zero-order valence-corrected chi connectivity index (χ0v) is 16.7. The average Bonchev–Trinajstić information content (AvgIpc) is 3.10. The third-order valence-electron chi connectivity index (χ3n) is 4.92. The Morgan fingerprint density at radius 2 is 1.89 bits per heavy atom. The lowest BCUT2D eigenvalue weighted by atomic mass is 9.88. The first-order valence-corrected chi connectivity index (χ1v) is 9.41. The zero-order valence-electron chi connectivity index (χ0n) is 16.7. The summed E-state index contributed by atoms with van der Waals surface area (Å²) in [5.41, 5.74) is 3.03. The largest absolute Gasteiger partial charge is 0.497 e. The second-order valence-corrected chi connectivity index (χ2v) is 7.11. The number of methoxy groups -OCH3 is 1. The normalized spacial score (nSPS) is 12.0. The maximum absolute atomic E-state index is 12.7. The molecule has 0 aliphatic rings. The SMILES string of the molecule is COc1cccc(-n2nnc(C(=O)NCC(c3ccccc3)C(C)C)c2C)c1. The lowest BCUT2D eigenvalue weighted by molar-refractivity contribution is 0.0943. The standard InChI is InChI=1S/C22H26N4O2/c1-15(2)20(17-9-6-5-7-10-17)14-23-22(27)21-16(3)26(25-24-21)18-11-8-12-19(13-18)28-4/h5-13,15,20H,14H2,1-4H3,(H,23,27). The molecule has 0 fully saturated rings. The van der Waals surface area contributed by atoms with Crippen molar-refractivity contribution in [1.82, 2.24) is 20.3 Å². The van der Waals surface area contributed by atoms with Gasteiger partial charge in [-0.1, -0.05) is 55.5 Å². The highest BCUT2D eigenvalue weighted by Crippen LogP contribution is 2.23. The Balaban J connectivity index is 1.75. The van der Waals surface area contributed by atoms with E-state index in [-0.39, 0.29) is 11.8 Å². The van der Waals surface area contributed by atoms with Gasteiger partial charge in [0.05, 0.1) is 18.5 Å². The molecule has 3 aromatic rings. The number of nitrogens with one attached hydrogen (secondary N) is 1. The van der Waals surface area contributed by atoms with Gasteiger partial charge in [0.25, 0.3) is 5.91 Å². The third-order valence-corrected chi connectivity index (χ3v) is 4.92. The van der Waals surface area contributed by atoms with Gasteiger partial charge in [-0.25, -0.2) is 4.68 Å². The molecule has 0 saturated carbocycles. The molecule has 6 nitrogen and oxygen atoms in total. The predicted molar refractivity (Wildman–Crippen MR) is 109 cm³/mol. The molecule has 1 aromatic heterocycles. The molecule has 1 heterocycles. The maximum Gasteiger partial charge on any atom is 0.273 e. The number of ether oxygens (including phenoxy) is 1. The van der Waals surface area contributed by atoms with Crippen LogP contribution in [0.5, 0.6) is 5.75 Å². The van der Waals surface area contributed by atoms with E-state index >= 15 is 0 Å². The molecular weight excluding hydrogens is 352 g/mol. The molecule has 0 radical (unpaired) electrons. The van der Waals surface area contributed by atoms with Gasteiger partial charge in [-0.3, -0.25) is 4.79 Å². The molecule has 0 aliphatic heterocycles. The minimum atomic E-state index is -0.215. The van der Waals surface area contributed by atoms with Crippen molar-refractivity contribution < 1.29 is 9.53 Å². The average molecular weight is 378 g/mol. The molecule has 0 bridgehead atoms. The first kappa shape index (κ1) is 19.6. The smallest absolute Gasteiger partial charge is 0.273 e. The van der Waals surface area contributed by atoms with Crippen LogP contribution in [0.15, 0.2) is 54.6 Å². The lowest BCUT2D eigenvalue weighted by Gasteiger charge is -2.21. The summed E-state index contributed by atoms with van der Waals surface area (Å²) in [6, 6.07) is 17.7. The summed E-state index contributed by atoms with van der Waals surface area (Å²) in [6.07, 6.45) is 0. The van der Waals surface area contributed by atoms with Crippen LogP contribution in [0.3, 0.4) is 0 Å². The Kier molecular flexibility index (Phi) is 6.09. The number of nitrogens with zero attached hydrogens (tertiary/aromatic N) is 3. The second kappa shape index (κ2) is 8.69. The number of aromatic nitrogens is 3. The van der Waals surface area contributed by atoms with Crippen molar-refractivity contribution in [3.63, 3.8) is 0 Å². The Hall–Kier alpha value is -3.15. The Labute approximate surface area is 165 Å². The van der Waals surface area contributed by atoms with Crippen LogP contribution in [0, 0.1) is 12.8 Å². The molecule has 6 heteroatoms. The highest BCUT2D eigenvalue weighted by atomic mass is 16.5. The summed E-state index contributed by atoms with van der Waals surface area (Å²) in [5.74, 6) is 1.14. The van der Waals surface area contributed by atoms with Crippen LogP contribution in [0.2, 0.25) is 0 Å². The molecule has 0 saturated heterocycles. The van der Waals surface area contributed by atoms with E-state index in [1.54, 1.807) is 11.8 Å². The van der Waals surface area contributed by atoms with Crippen molar-refractivity contribution in [2.24, 2.45) is 5.92 Å². The van der Waals surface area contributed by atoms with E-state index in [9.17, 15) is 4.79 Å². The molecule has 1 atom stereocenters. The Morgan fingerprint density at radius 3 is 2.57 bits per heavy atom. The summed E-state index contributed by atoms with van der Waals surface area (Å²) < 4.78 is 6.91. The molecule has 1 unspecified atom stereocenters. The first-order valence-electron chi connectivity index (χ1n) is 9.41. The lowest BCUT2D eigenvalue weighted by Crippen LogP contribution is -2.31. The molecule has 0 aliphatic carbocycles. The predicted octanol–water partition coefficient (Wildman–Crippen LogP) is 3.75. The fraction of sp³-hybridized carbons (Fsp3) is 0.318. The van der Waals surface area contributed by atoms with Crippen molar-refractivity contribution in [3.05, 3.63) is 71.5 Å². The van der Waals surface area contributed by atoms with Crippen molar-refractivity contribution in [3.8, 4) is 11.4 Å². The monoisotopic (exact) mass is 378 g/mol. The molecule has 0 spiro atoms. The van der Waals surface area contributed by atoms with Crippen molar-refractivity contribution >= 4 is 5.91 Å². The second-order valence-electron chi connectivity index (χ2n) is 7.11. The molecule has 28 heavy (non-hydrogen) atoms. The third kappa shape index (κ3) is 4.22. The summed E-state index contributed by atoms with van der Waals surface area (Å²) in [7, 11) is 1.62. The summed E-state index contributed by atoms with van der Waals surface area (Å²) in [6.45, 7) is 6.71. The van der Waals surface area contributed by atoms with Gasteiger partial charge in [-0.2, -0.15) is 0 Å². The number of benzene rings is 2. The molecule has 146 valence electrons. The number of amides is 1. The van der Waals surface area contributed by atoms with Gasteiger partial charge in [0.2, 0.25) is 0 Å². The van der Waals surface area contributed by atoms with Gasteiger partial charge in [0, 0.05) is 18.5 Å². The van der Waals surface area contributed by atoms with Gasteiger partial charge in [-0.15, -0.1) is 5.10 Å². The van der Waals surface area contributed by atoms with Crippen LogP contribution < -0.4 is 10.1 Å². The number of carbonyl (C=O) groups excluding carboxylic acids is 1. The summed E-state index contributed by atoms with van der Waals surface area (Å²) in [4.78, 5) is 12.7. The first-order chi connectivity index (χ1) is 13.5. The van der Waals surface area contributed by atoms with E-state index in [1.807, 2.05) is 49.4 Å². The fourth-order valence-corrected chi connectivity index (χ4v) is 3.25. The fourth-order valence-electron chi connectivity index (χ4n) is 3.25. The number of hydrogen-bond donors (Lipinski definition) is 1. The minimum absolute atomic E-state index is 0.215. The Morgan fingerprint density at radius 1 is 1.14 bits per heavy atom. The van der Waals surface area contributed by atoms with Crippen molar-refractivity contribution in [1.29, 1.82) is 0 Å². The molecule has 2 aromatic carbocycles. The van der Waals surface area contributed by atoms with Crippen molar-refractivity contribution in [2.45, 2.75) is 26.7 Å². The van der Waals surface area contributed by atoms with E-state index in [1.165, 1.54) is 5.56 Å². The van der Waals surface area contributed by atoms with Crippen LogP contribution in [-0.2, 0) is 0 Å².